The summed E-state index contributed by atoms with van der Waals surface area (Å²) in [5.74, 6) is 0.130. The van der Waals surface area contributed by atoms with Gasteiger partial charge in [0.25, 0.3) is 0 Å². The third-order valence-corrected chi connectivity index (χ3v) is 2.77. The number of carbonyl (C=O) groups is 1. The third kappa shape index (κ3) is 3.01. The van der Waals surface area contributed by atoms with Crippen LogP contribution >= 0.6 is 0 Å². The van der Waals surface area contributed by atoms with Crippen LogP contribution < -0.4 is 11.1 Å². The van der Waals surface area contributed by atoms with Crippen LogP contribution in [0.3, 0.4) is 0 Å². The van der Waals surface area contributed by atoms with E-state index in [0.29, 0.717) is 0 Å². The van der Waals surface area contributed by atoms with Crippen LogP contribution in [0.5, 0.6) is 0 Å². The molecule has 4 N–H and O–H groups in total. The minimum atomic E-state index is -0.418. The Morgan fingerprint density at radius 3 is 2.44 bits per heavy atom. The number of hydrogen-bond acceptors (Lipinski definition) is 3. The number of rotatable bonds is 3. The molecule has 1 atom stereocenters. The van der Waals surface area contributed by atoms with Crippen LogP contribution in [0.15, 0.2) is 5.16 Å². The van der Waals surface area contributed by atoms with E-state index >= 15 is 0 Å². The normalized spacial score (nSPS) is 18.9. The van der Waals surface area contributed by atoms with E-state index in [4.69, 9.17) is 10.9 Å². The van der Waals surface area contributed by atoms with Crippen LogP contribution in [-0.2, 0) is 0 Å². The van der Waals surface area contributed by atoms with Crippen LogP contribution in [0, 0.1) is 5.92 Å². The predicted molar refractivity (Wildman–Crippen MR) is 61.4 cm³/mol. The first-order chi connectivity index (χ1) is 7.56. The van der Waals surface area contributed by atoms with Gasteiger partial charge in [0.15, 0.2) is 5.84 Å². The van der Waals surface area contributed by atoms with E-state index < -0.39 is 6.04 Å². The minimum Gasteiger partial charge on any atom is -0.409 e. The number of amidine groups is 1. The molecule has 0 spiro atoms. The van der Waals surface area contributed by atoms with Gasteiger partial charge in [-0.3, -0.25) is 0 Å². The first kappa shape index (κ1) is 12.6. The fourth-order valence-corrected chi connectivity index (χ4v) is 1.79. The topological polar surface area (TPSA) is 91.0 Å². The molecule has 0 radical (unpaired) electrons. The smallest absolute Gasteiger partial charge is 0.317 e. The molecular formula is C10H20N4O2. The van der Waals surface area contributed by atoms with E-state index in [1.54, 1.807) is 4.90 Å². The molecule has 1 heterocycles. The van der Waals surface area contributed by atoms with Gasteiger partial charge in [0.2, 0.25) is 0 Å². The molecule has 6 nitrogen and oxygen atoms in total. The van der Waals surface area contributed by atoms with E-state index in [9.17, 15) is 4.79 Å². The van der Waals surface area contributed by atoms with Gasteiger partial charge in [-0.15, -0.1) is 0 Å². The SMILES string of the molecule is CC(C)C(NC(=O)N1CCCC1)C(N)=NO. The summed E-state index contributed by atoms with van der Waals surface area (Å²) in [6, 6.07) is -0.555. The zero-order valence-corrected chi connectivity index (χ0v) is 9.81. The standard InChI is InChI=1S/C10H20N4O2/c1-7(2)8(9(11)13-16)12-10(15)14-5-3-4-6-14/h7-8,16H,3-6H2,1-2H3,(H2,11,13)(H,12,15). The molecule has 0 aromatic rings. The van der Waals surface area contributed by atoms with Crippen molar-refractivity contribution >= 4 is 11.9 Å². The van der Waals surface area contributed by atoms with Crippen LogP contribution in [-0.4, -0.2) is 41.1 Å². The number of nitrogens with zero attached hydrogens (tertiary/aromatic N) is 2. The molecule has 1 rings (SSSR count). The van der Waals surface area contributed by atoms with Crippen molar-refractivity contribution in [1.29, 1.82) is 0 Å². The van der Waals surface area contributed by atoms with Gasteiger partial charge >= 0.3 is 6.03 Å². The Morgan fingerprint density at radius 1 is 1.44 bits per heavy atom. The van der Waals surface area contributed by atoms with Crippen molar-refractivity contribution in [3.63, 3.8) is 0 Å². The number of nitrogens with one attached hydrogen (secondary N) is 1. The monoisotopic (exact) mass is 228 g/mol. The molecule has 1 fully saturated rings. The lowest BCUT2D eigenvalue weighted by Crippen LogP contribution is -2.51. The van der Waals surface area contributed by atoms with Gasteiger partial charge in [-0.2, -0.15) is 0 Å². The van der Waals surface area contributed by atoms with Crippen molar-refractivity contribution in [3.05, 3.63) is 0 Å². The van der Waals surface area contributed by atoms with E-state index in [1.807, 2.05) is 13.8 Å². The fraction of sp³-hybridized carbons (Fsp3) is 0.800. The second-order valence-corrected chi connectivity index (χ2v) is 4.39. The molecule has 0 aromatic heterocycles. The Bertz CT molecular complexity index is 272. The van der Waals surface area contributed by atoms with Gasteiger partial charge in [-0.1, -0.05) is 19.0 Å². The minimum absolute atomic E-state index is 0.0440. The number of urea groups is 1. The zero-order valence-electron chi connectivity index (χ0n) is 9.81. The van der Waals surface area contributed by atoms with Gasteiger partial charge in [0, 0.05) is 13.1 Å². The Kier molecular flexibility index (Phi) is 4.39. The van der Waals surface area contributed by atoms with Crippen molar-refractivity contribution in [3.8, 4) is 0 Å². The van der Waals surface area contributed by atoms with Gasteiger partial charge in [-0.25, -0.2) is 4.79 Å². The highest BCUT2D eigenvalue weighted by atomic mass is 16.4. The lowest BCUT2D eigenvalue weighted by Gasteiger charge is -2.24. The molecule has 16 heavy (non-hydrogen) atoms. The Morgan fingerprint density at radius 2 is 2.00 bits per heavy atom. The van der Waals surface area contributed by atoms with Gasteiger partial charge in [-0.05, 0) is 18.8 Å². The molecule has 0 aromatic carbocycles. The number of likely N-dealkylation sites (tertiary alicyclic amines) is 1. The highest BCUT2D eigenvalue weighted by molar-refractivity contribution is 5.89. The number of carbonyl (C=O) groups excluding carboxylic acids is 1. The van der Waals surface area contributed by atoms with Crippen molar-refractivity contribution in [2.24, 2.45) is 16.8 Å². The Balaban J connectivity index is 2.57. The van der Waals surface area contributed by atoms with Crippen LogP contribution in [0.4, 0.5) is 4.79 Å². The molecule has 1 saturated heterocycles. The highest BCUT2D eigenvalue weighted by Crippen LogP contribution is 2.09. The molecule has 1 aliphatic rings. The maximum absolute atomic E-state index is 11.8. The maximum atomic E-state index is 11.8. The van der Waals surface area contributed by atoms with Crippen molar-refractivity contribution in [1.82, 2.24) is 10.2 Å². The lowest BCUT2D eigenvalue weighted by atomic mass is 10.0. The number of nitrogens with two attached hydrogens (primary N) is 1. The Hall–Kier alpha value is -1.46. The van der Waals surface area contributed by atoms with Crippen LogP contribution in [0.25, 0.3) is 0 Å². The first-order valence-corrected chi connectivity index (χ1v) is 5.59. The van der Waals surface area contributed by atoms with Crippen molar-refractivity contribution in [2.75, 3.05) is 13.1 Å². The van der Waals surface area contributed by atoms with Gasteiger partial charge < -0.3 is 21.2 Å². The van der Waals surface area contributed by atoms with Gasteiger partial charge in [0.05, 0.1) is 6.04 Å². The summed E-state index contributed by atoms with van der Waals surface area (Å²) >= 11 is 0. The maximum Gasteiger partial charge on any atom is 0.317 e. The molecule has 6 heteroatoms. The zero-order chi connectivity index (χ0) is 12.1. The van der Waals surface area contributed by atoms with Crippen molar-refractivity contribution < 1.29 is 10.0 Å². The average molecular weight is 228 g/mol. The summed E-state index contributed by atoms with van der Waals surface area (Å²) in [7, 11) is 0. The molecule has 0 bridgehead atoms. The fourth-order valence-electron chi connectivity index (χ4n) is 1.79. The molecule has 1 unspecified atom stereocenters. The Labute approximate surface area is 95.5 Å². The predicted octanol–water partition coefficient (Wildman–Crippen LogP) is 0.563. The number of oxime groups is 1. The van der Waals surface area contributed by atoms with Gasteiger partial charge in [0.1, 0.15) is 0 Å². The summed E-state index contributed by atoms with van der Waals surface area (Å²) in [6.45, 7) is 5.39. The molecule has 92 valence electrons. The molecule has 1 aliphatic heterocycles. The lowest BCUT2D eigenvalue weighted by molar-refractivity contribution is 0.204. The summed E-state index contributed by atoms with van der Waals surface area (Å²) in [6.07, 6.45) is 2.09. The first-order valence-electron chi connectivity index (χ1n) is 5.59. The average Bonchev–Trinajstić information content (AvgIpc) is 2.77. The van der Waals surface area contributed by atoms with E-state index in [0.717, 1.165) is 25.9 Å². The third-order valence-electron chi connectivity index (χ3n) is 2.77. The van der Waals surface area contributed by atoms with Crippen molar-refractivity contribution in [2.45, 2.75) is 32.7 Å². The number of amides is 2. The van der Waals surface area contributed by atoms with E-state index in [-0.39, 0.29) is 17.8 Å². The second kappa shape index (κ2) is 5.58. The summed E-state index contributed by atoms with van der Waals surface area (Å²) in [5.41, 5.74) is 5.53. The molecular weight excluding hydrogens is 208 g/mol. The second-order valence-electron chi connectivity index (χ2n) is 4.39. The summed E-state index contributed by atoms with van der Waals surface area (Å²) in [4.78, 5) is 13.6. The van der Waals surface area contributed by atoms with Crippen LogP contribution in [0.2, 0.25) is 0 Å². The van der Waals surface area contributed by atoms with E-state index in [1.165, 1.54) is 0 Å². The summed E-state index contributed by atoms with van der Waals surface area (Å²) in [5, 5.41) is 14.4. The molecule has 0 aliphatic carbocycles. The van der Waals surface area contributed by atoms with Crippen LogP contribution in [0.1, 0.15) is 26.7 Å². The largest absolute Gasteiger partial charge is 0.409 e. The summed E-state index contributed by atoms with van der Waals surface area (Å²) < 4.78 is 0. The quantitative estimate of drug-likeness (QED) is 0.285. The highest BCUT2D eigenvalue weighted by Gasteiger charge is 2.24. The molecule has 0 saturated carbocycles. The molecule has 2 amide bonds. The van der Waals surface area contributed by atoms with E-state index in [2.05, 4.69) is 10.5 Å². The number of hydrogen-bond donors (Lipinski definition) is 3.